The molecule has 2 nitrogen and oxygen atoms in total. The molecule has 0 fully saturated rings. The third kappa shape index (κ3) is 2.43. The third-order valence-electron chi connectivity index (χ3n) is 3.27. The van der Waals surface area contributed by atoms with E-state index in [0.29, 0.717) is 6.54 Å². The summed E-state index contributed by atoms with van der Waals surface area (Å²) in [7, 11) is 0. The molecule has 0 saturated carbocycles. The summed E-state index contributed by atoms with van der Waals surface area (Å²) in [6, 6.07) is 17.6. The highest BCUT2D eigenvalue weighted by molar-refractivity contribution is 5.97. The maximum atomic E-state index is 13.1. The van der Waals surface area contributed by atoms with Gasteiger partial charge in [-0.15, -0.1) is 0 Å². The molecule has 0 aromatic heterocycles. The van der Waals surface area contributed by atoms with Crippen LogP contribution in [0.3, 0.4) is 0 Å². The predicted molar refractivity (Wildman–Crippen MR) is 79.3 cm³/mol. The lowest BCUT2D eigenvalue weighted by Gasteiger charge is -2.10. The summed E-state index contributed by atoms with van der Waals surface area (Å²) < 4.78 is 13.1. The summed E-state index contributed by atoms with van der Waals surface area (Å²) >= 11 is 0. The third-order valence-corrected chi connectivity index (χ3v) is 3.27. The molecule has 0 atom stereocenters. The van der Waals surface area contributed by atoms with Crippen LogP contribution in [0.5, 0.6) is 5.75 Å². The normalized spacial score (nSPS) is 10.7. The van der Waals surface area contributed by atoms with Gasteiger partial charge in [-0.1, -0.05) is 36.4 Å². The molecule has 0 aliphatic carbocycles. The number of aromatic hydroxyl groups is 1. The van der Waals surface area contributed by atoms with E-state index in [1.165, 1.54) is 12.1 Å². The molecule has 0 radical (unpaired) electrons. The van der Waals surface area contributed by atoms with E-state index >= 15 is 0 Å². The van der Waals surface area contributed by atoms with Gasteiger partial charge in [0.1, 0.15) is 11.6 Å². The van der Waals surface area contributed by atoms with Gasteiger partial charge in [-0.25, -0.2) is 4.39 Å². The van der Waals surface area contributed by atoms with E-state index < -0.39 is 0 Å². The van der Waals surface area contributed by atoms with E-state index in [9.17, 15) is 9.50 Å². The first-order valence-corrected chi connectivity index (χ1v) is 6.43. The Morgan fingerprint density at radius 2 is 1.65 bits per heavy atom. The van der Waals surface area contributed by atoms with Gasteiger partial charge in [-0.05, 0) is 29.8 Å². The number of hydrogen-bond acceptors (Lipinski definition) is 2. The number of halogens is 1. The fraction of sp³-hybridized carbons (Fsp3) is 0.0588. The SMILES string of the molecule is Oc1cccc2c(NCc3cccc(F)c3)cccc12. The van der Waals surface area contributed by atoms with Gasteiger partial charge >= 0.3 is 0 Å². The summed E-state index contributed by atoms with van der Waals surface area (Å²) in [6.45, 7) is 0.534. The monoisotopic (exact) mass is 267 g/mol. The van der Waals surface area contributed by atoms with Crippen LogP contribution in [0.1, 0.15) is 5.56 Å². The van der Waals surface area contributed by atoms with E-state index in [1.54, 1.807) is 12.1 Å². The first-order valence-electron chi connectivity index (χ1n) is 6.43. The fourth-order valence-corrected chi connectivity index (χ4v) is 2.29. The average molecular weight is 267 g/mol. The van der Waals surface area contributed by atoms with Crippen molar-refractivity contribution in [2.24, 2.45) is 0 Å². The van der Waals surface area contributed by atoms with Crippen molar-refractivity contribution in [3.8, 4) is 5.75 Å². The topological polar surface area (TPSA) is 32.3 Å². The molecular weight excluding hydrogens is 253 g/mol. The highest BCUT2D eigenvalue weighted by Gasteiger charge is 2.04. The summed E-state index contributed by atoms with van der Waals surface area (Å²) in [5, 5.41) is 14.9. The van der Waals surface area contributed by atoms with Gasteiger partial charge in [0, 0.05) is 23.0 Å². The minimum Gasteiger partial charge on any atom is -0.507 e. The number of phenolic OH excluding ortho intramolecular Hbond substituents is 1. The number of hydrogen-bond donors (Lipinski definition) is 2. The zero-order chi connectivity index (χ0) is 13.9. The number of rotatable bonds is 3. The molecule has 3 heteroatoms. The van der Waals surface area contributed by atoms with Gasteiger partial charge in [0.25, 0.3) is 0 Å². The zero-order valence-electron chi connectivity index (χ0n) is 10.8. The molecule has 3 aromatic rings. The highest BCUT2D eigenvalue weighted by Crippen LogP contribution is 2.29. The van der Waals surface area contributed by atoms with Crippen molar-refractivity contribution in [1.82, 2.24) is 0 Å². The van der Waals surface area contributed by atoms with Crippen LogP contribution in [0.25, 0.3) is 10.8 Å². The molecule has 0 bridgehead atoms. The molecule has 3 rings (SSSR count). The van der Waals surface area contributed by atoms with Crippen LogP contribution >= 0.6 is 0 Å². The second-order valence-electron chi connectivity index (χ2n) is 4.66. The predicted octanol–water partition coefficient (Wildman–Crippen LogP) is 4.30. The maximum absolute atomic E-state index is 13.1. The number of fused-ring (bicyclic) bond motifs is 1. The van der Waals surface area contributed by atoms with Gasteiger partial charge in [0.05, 0.1) is 0 Å². The van der Waals surface area contributed by atoms with Crippen LogP contribution in [0, 0.1) is 5.82 Å². The summed E-state index contributed by atoms with van der Waals surface area (Å²) in [5.74, 6) is 0.0248. The molecule has 0 aliphatic rings. The fourth-order valence-electron chi connectivity index (χ4n) is 2.29. The molecule has 20 heavy (non-hydrogen) atoms. The van der Waals surface area contributed by atoms with E-state index in [1.807, 2.05) is 36.4 Å². The Hall–Kier alpha value is -2.55. The molecule has 0 saturated heterocycles. The van der Waals surface area contributed by atoms with Crippen LogP contribution in [-0.2, 0) is 6.54 Å². The Bertz CT molecular complexity index is 755. The van der Waals surface area contributed by atoms with Crippen molar-refractivity contribution < 1.29 is 9.50 Å². The maximum Gasteiger partial charge on any atom is 0.123 e. The van der Waals surface area contributed by atoms with Crippen molar-refractivity contribution >= 4 is 16.5 Å². The molecule has 0 spiro atoms. The van der Waals surface area contributed by atoms with Crippen molar-refractivity contribution in [2.75, 3.05) is 5.32 Å². The number of nitrogens with one attached hydrogen (secondary N) is 1. The average Bonchev–Trinajstić information content (AvgIpc) is 2.46. The molecule has 0 unspecified atom stereocenters. The van der Waals surface area contributed by atoms with Crippen LogP contribution in [0.4, 0.5) is 10.1 Å². The van der Waals surface area contributed by atoms with Gasteiger partial charge < -0.3 is 10.4 Å². The Morgan fingerprint density at radius 1 is 0.900 bits per heavy atom. The van der Waals surface area contributed by atoms with Crippen LogP contribution in [0.15, 0.2) is 60.7 Å². The van der Waals surface area contributed by atoms with Crippen LogP contribution in [-0.4, -0.2) is 5.11 Å². The Kier molecular flexibility index (Phi) is 3.25. The van der Waals surface area contributed by atoms with E-state index in [0.717, 1.165) is 22.0 Å². The standard InChI is InChI=1S/C17H14FNO/c18-13-5-1-4-12(10-13)11-19-16-8-2-7-15-14(16)6-3-9-17(15)20/h1-10,19-20H,11H2. The molecule has 0 amide bonds. The van der Waals surface area contributed by atoms with Crippen molar-refractivity contribution in [2.45, 2.75) is 6.54 Å². The smallest absolute Gasteiger partial charge is 0.123 e. The first kappa shape index (κ1) is 12.5. The van der Waals surface area contributed by atoms with Crippen LogP contribution in [0.2, 0.25) is 0 Å². The Morgan fingerprint density at radius 3 is 2.50 bits per heavy atom. The molecule has 2 N–H and O–H groups in total. The van der Waals surface area contributed by atoms with E-state index in [-0.39, 0.29) is 11.6 Å². The van der Waals surface area contributed by atoms with Gasteiger partial charge in [0.2, 0.25) is 0 Å². The second-order valence-corrected chi connectivity index (χ2v) is 4.66. The highest BCUT2D eigenvalue weighted by atomic mass is 19.1. The second kappa shape index (κ2) is 5.21. The van der Waals surface area contributed by atoms with Crippen molar-refractivity contribution in [3.63, 3.8) is 0 Å². The minimum absolute atomic E-state index is 0.236. The quantitative estimate of drug-likeness (QED) is 0.741. The lowest BCUT2D eigenvalue weighted by molar-refractivity contribution is 0.481. The lowest BCUT2D eigenvalue weighted by Crippen LogP contribution is -2.00. The molecule has 0 aliphatic heterocycles. The first-order chi connectivity index (χ1) is 9.74. The van der Waals surface area contributed by atoms with Crippen molar-refractivity contribution in [3.05, 3.63) is 72.0 Å². The molecule has 3 aromatic carbocycles. The summed E-state index contributed by atoms with van der Waals surface area (Å²) in [6.07, 6.45) is 0. The minimum atomic E-state index is -0.236. The molecule has 100 valence electrons. The zero-order valence-corrected chi connectivity index (χ0v) is 10.8. The molecule has 0 heterocycles. The van der Waals surface area contributed by atoms with Gasteiger partial charge in [-0.3, -0.25) is 0 Å². The number of phenols is 1. The molecular formula is C17H14FNO. The summed E-state index contributed by atoms with van der Waals surface area (Å²) in [5.41, 5.74) is 1.80. The number of anilines is 1. The number of benzene rings is 3. The van der Waals surface area contributed by atoms with Gasteiger partial charge in [-0.2, -0.15) is 0 Å². The van der Waals surface area contributed by atoms with E-state index in [4.69, 9.17) is 0 Å². The Balaban J connectivity index is 1.90. The summed E-state index contributed by atoms with van der Waals surface area (Å²) in [4.78, 5) is 0. The van der Waals surface area contributed by atoms with Crippen LogP contribution < -0.4 is 5.32 Å². The largest absolute Gasteiger partial charge is 0.507 e. The Labute approximate surface area is 116 Å². The lowest BCUT2D eigenvalue weighted by atomic mass is 10.1. The van der Waals surface area contributed by atoms with Gasteiger partial charge in [0.15, 0.2) is 0 Å². The van der Waals surface area contributed by atoms with Crippen molar-refractivity contribution in [1.29, 1.82) is 0 Å². The van der Waals surface area contributed by atoms with E-state index in [2.05, 4.69) is 5.32 Å².